The van der Waals surface area contributed by atoms with Crippen LogP contribution in [0.1, 0.15) is 5.56 Å². The lowest BCUT2D eigenvalue weighted by molar-refractivity contribution is -0.662. The second kappa shape index (κ2) is 4.57. The van der Waals surface area contributed by atoms with Crippen molar-refractivity contribution in [3.8, 4) is 0 Å². The number of hydrogen-bond donors (Lipinski definition) is 0. The number of aromatic nitrogens is 1. The fraction of sp³-hybridized carbons (Fsp3) is 0.0625. The zero-order valence-corrected chi connectivity index (χ0v) is 9.88. The molecule has 0 atom stereocenters. The molecule has 3 rings (SSSR count). The van der Waals surface area contributed by atoms with Crippen molar-refractivity contribution in [2.24, 2.45) is 0 Å². The van der Waals surface area contributed by atoms with Gasteiger partial charge >= 0.3 is 0 Å². The molecular weight excluding hydrogens is 225 g/mol. The summed E-state index contributed by atoms with van der Waals surface area (Å²) in [6.45, 7) is 0.795. The lowest BCUT2D eigenvalue weighted by Gasteiger charge is -2.01. The highest BCUT2D eigenvalue weighted by atomic mass is 19.1. The van der Waals surface area contributed by atoms with Crippen LogP contribution in [-0.4, -0.2) is 0 Å². The Kier molecular flexibility index (Phi) is 2.77. The second-order valence-electron chi connectivity index (χ2n) is 4.32. The van der Waals surface area contributed by atoms with Gasteiger partial charge in [-0.1, -0.05) is 30.3 Å². The zero-order valence-electron chi connectivity index (χ0n) is 9.88. The fourth-order valence-electron chi connectivity index (χ4n) is 2.17. The van der Waals surface area contributed by atoms with Gasteiger partial charge in [0.05, 0.1) is 0 Å². The maximum absolute atomic E-state index is 13.2. The van der Waals surface area contributed by atoms with Gasteiger partial charge in [0.1, 0.15) is 5.82 Å². The fourth-order valence-corrected chi connectivity index (χ4v) is 2.17. The third kappa shape index (κ3) is 2.09. The molecule has 0 radical (unpaired) electrons. The number of halogens is 1. The number of rotatable bonds is 2. The van der Waals surface area contributed by atoms with Gasteiger partial charge in [-0.05, 0) is 18.2 Å². The summed E-state index contributed by atoms with van der Waals surface area (Å²) in [6.07, 6.45) is 2.02. The standard InChI is InChI=1S/C16H13FN/c17-15-8-9-16-14(11-15)7-4-10-18(16)12-13-5-2-1-3-6-13/h1-11H,12H2/q+1. The zero-order chi connectivity index (χ0) is 12.4. The predicted octanol–water partition coefficient (Wildman–Crippen LogP) is 3.31. The Morgan fingerprint density at radius 1 is 0.889 bits per heavy atom. The van der Waals surface area contributed by atoms with Crippen LogP contribution in [0.3, 0.4) is 0 Å². The average molecular weight is 238 g/mol. The van der Waals surface area contributed by atoms with Gasteiger partial charge in [0, 0.05) is 23.1 Å². The van der Waals surface area contributed by atoms with Crippen molar-refractivity contribution in [1.29, 1.82) is 0 Å². The van der Waals surface area contributed by atoms with E-state index >= 15 is 0 Å². The molecule has 0 spiro atoms. The Bertz CT molecular complexity index is 677. The Morgan fingerprint density at radius 2 is 1.72 bits per heavy atom. The third-order valence-electron chi connectivity index (χ3n) is 3.04. The predicted molar refractivity (Wildman–Crippen MR) is 69.6 cm³/mol. The minimum absolute atomic E-state index is 0.194. The summed E-state index contributed by atoms with van der Waals surface area (Å²) in [4.78, 5) is 0. The maximum atomic E-state index is 13.2. The van der Waals surface area contributed by atoms with Crippen LogP contribution < -0.4 is 4.57 Å². The number of pyridine rings is 1. The van der Waals surface area contributed by atoms with Crippen LogP contribution in [0.2, 0.25) is 0 Å². The van der Waals surface area contributed by atoms with Gasteiger partial charge in [-0.15, -0.1) is 0 Å². The summed E-state index contributed by atoms with van der Waals surface area (Å²) in [5.41, 5.74) is 2.28. The monoisotopic (exact) mass is 238 g/mol. The molecule has 0 saturated heterocycles. The van der Waals surface area contributed by atoms with Crippen molar-refractivity contribution in [2.45, 2.75) is 6.54 Å². The van der Waals surface area contributed by atoms with E-state index in [0.29, 0.717) is 0 Å². The van der Waals surface area contributed by atoms with Gasteiger partial charge in [-0.2, -0.15) is 4.57 Å². The first-order chi connectivity index (χ1) is 8.83. The molecular formula is C16H13FN+. The molecule has 2 heteroatoms. The molecule has 0 aliphatic carbocycles. The van der Waals surface area contributed by atoms with Crippen molar-refractivity contribution in [3.05, 3.63) is 78.2 Å². The molecule has 1 nitrogen and oxygen atoms in total. The molecule has 18 heavy (non-hydrogen) atoms. The van der Waals surface area contributed by atoms with E-state index in [9.17, 15) is 4.39 Å². The molecule has 2 aromatic carbocycles. The van der Waals surface area contributed by atoms with Crippen LogP contribution in [0.25, 0.3) is 10.9 Å². The molecule has 0 bridgehead atoms. The molecule has 0 saturated carbocycles. The molecule has 0 aliphatic rings. The SMILES string of the molecule is Fc1ccc2c(ccc[n+]2Cc2ccccc2)c1. The maximum Gasteiger partial charge on any atom is 0.212 e. The summed E-state index contributed by atoms with van der Waals surface area (Å²) in [5.74, 6) is -0.194. The second-order valence-corrected chi connectivity index (χ2v) is 4.32. The first-order valence-corrected chi connectivity index (χ1v) is 5.94. The number of fused-ring (bicyclic) bond motifs is 1. The van der Waals surface area contributed by atoms with Crippen molar-refractivity contribution >= 4 is 10.9 Å². The van der Waals surface area contributed by atoms with Gasteiger partial charge in [-0.25, -0.2) is 4.39 Å². The summed E-state index contributed by atoms with van der Waals surface area (Å²) >= 11 is 0. The van der Waals surface area contributed by atoms with E-state index < -0.39 is 0 Å². The summed E-state index contributed by atoms with van der Waals surface area (Å²) in [6, 6.07) is 19.0. The van der Waals surface area contributed by atoms with Crippen molar-refractivity contribution < 1.29 is 8.96 Å². The average Bonchev–Trinajstić information content (AvgIpc) is 2.40. The van der Waals surface area contributed by atoms with E-state index in [4.69, 9.17) is 0 Å². The summed E-state index contributed by atoms with van der Waals surface area (Å²) < 4.78 is 15.3. The van der Waals surface area contributed by atoms with Crippen LogP contribution >= 0.6 is 0 Å². The van der Waals surface area contributed by atoms with E-state index in [1.54, 1.807) is 6.07 Å². The van der Waals surface area contributed by atoms with Crippen LogP contribution in [0, 0.1) is 5.82 Å². The minimum Gasteiger partial charge on any atom is -0.207 e. The molecule has 0 N–H and O–H groups in total. The summed E-state index contributed by atoms with van der Waals surface area (Å²) in [5, 5.41) is 0.924. The highest BCUT2D eigenvalue weighted by molar-refractivity contribution is 5.75. The molecule has 1 aromatic heterocycles. The topological polar surface area (TPSA) is 3.88 Å². The largest absolute Gasteiger partial charge is 0.212 e. The smallest absolute Gasteiger partial charge is 0.207 e. The molecule has 0 fully saturated rings. The van der Waals surface area contributed by atoms with Crippen LogP contribution in [0.4, 0.5) is 4.39 Å². The normalized spacial score (nSPS) is 10.7. The van der Waals surface area contributed by atoms with Gasteiger partial charge in [-0.3, -0.25) is 0 Å². The van der Waals surface area contributed by atoms with Crippen LogP contribution in [0.15, 0.2) is 66.9 Å². The van der Waals surface area contributed by atoms with Gasteiger partial charge in [0.2, 0.25) is 5.52 Å². The number of nitrogens with zero attached hydrogens (tertiary/aromatic N) is 1. The van der Waals surface area contributed by atoms with Gasteiger partial charge in [0.15, 0.2) is 12.7 Å². The van der Waals surface area contributed by atoms with E-state index in [2.05, 4.69) is 16.7 Å². The third-order valence-corrected chi connectivity index (χ3v) is 3.04. The number of benzene rings is 2. The molecule has 0 aliphatic heterocycles. The highest BCUT2D eigenvalue weighted by Crippen LogP contribution is 2.11. The molecule has 88 valence electrons. The molecule has 0 unspecified atom stereocenters. The van der Waals surface area contributed by atoms with E-state index in [-0.39, 0.29) is 5.82 Å². The van der Waals surface area contributed by atoms with Crippen LogP contribution in [0.5, 0.6) is 0 Å². The quantitative estimate of drug-likeness (QED) is 0.603. The van der Waals surface area contributed by atoms with Crippen molar-refractivity contribution in [3.63, 3.8) is 0 Å². The Hall–Kier alpha value is -2.22. The Labute approximate surface area is 105 Å². The minimum atomic E-state index is -0.194. The van der Waals surface area contributed by atoms with E-state index in [0.717, 1.165) is 17.4 Å². The molecule has 3 aromatic rings. The summed E-state index contributed by atoms with van der Waals surface area (Å²) in [7, 11) is 0. The number of hydrogen-bond acceptors (Lipinski definition) is 0. The van der Waals surface area contributed by atoms with Gasteiger partial charge in [0.25, 0.3) is 0 Å². The first kappa shape index (κ1) is 10.9. The Morgan fingerprint density at radius 3 is 2.56 bits per heavy atom. The highest BCUT2D eigenvalue weighted by Gasteiger charge is 2.09. The van der Waals surface area contributed by atoms with E-state index in [1.807, 2.05) is 42.6 Å². The van der Waals surface area contributed by atoms with Crippen molar-refractivity contribution in [1.82, 2.24) is 0 Å². The molecule has 0 amide bonds. The first-order valence-electron chi connectivity index (χ1n) is 5.94. The lowest BCUT2D eigenvalue weighted by Crippen LogP contribution is -2.34. The molecule has 1 heterocycles. The van der Waals surface area contributed by atoms with Crippen molar-refractivity contribution in [2.75, 3.05) is 0 Å². The Balaban J connectivity index is 2.07. The van der Waals surface area contributed by atoms with E-state index in [1.165, 1.54) is 11.6 Å². The van der Waals surface area contributed by atoms with Gasteiger partial charge < -0.3 is 0 Å². The lowest BCUT2D eigenvalue weighted by atomic mass is 10.2. The van der Waals surface area contributed by atoms with Crippen LogP contribution in [-0.2, 0) is 6.54 Å².